The molecule has 0 aromatic heterocycles. The van der Waals surface area contributed by atoms with E-state index in [0.29, 0.717) is 6.10 Å². The molecule has 5 fully saturated rings. The molecule has 4 saturated carbocycles. The Morgan fingerprint density at radius 3 is 3.00 bits per heavy atom. The summed E-state index contributed by atoms with van der Waals surface area (Å²) in [7, 11) is 0. The molecule has 1 heterocycles. The van der Waals surface area contributed by atoms with Gasteiger partial charge in [0.1, 0.15) is 6.10 Å². The van der Waals surface area contributed by atoms with Gasteiger partial charge in [-0.1, -0.05) is 6.08 Å². The highest BCUT2D eigenvalue weighted by atomic mass is 17.3. The Labute approximate surface area is 64.1 Å². The molecule has 2 bridgehead atoms. The summed E-state index contributed by atoms with van der Waals surface area (Å²) in [5, 5.41) is 0. The van der Waals surface area contributed by atoms with E-state index in [1.807, 2.05) is 0 Å². The van der Waals surface area contributed by atoms with Gasteiger partial charge in [-0.2, -0.15) is 0 Å². The Kier molecular flexibility index (Phi) is 0.398. The maximum Gasteiger partial charge on any atom is 0.158 e. The maximum atomic E-state index is 5.37. The number of rotatable bonds is 0. The zero-order chi connectivity index (χ0) is 6.79. The second-order valence-electron chi connectivity index (χ2n) is 4.56. The van der Waals surface area contributed by atoms with E-state index >= 15 is 0 Å². The van der Waals surface area contributed by atoms with Gasteiger partial charge in [-0.3, -0.25) is 0 Å². The molecule has 3 unspecified atom stereocenters. The maximum absolute atomic E-state index is 5.37. The lowest BCUT2D eigenvalue weighted by atomic mass is 9.93. The monoisotopic (exact) mass is 148 g/mol. The molecule has 5 aliphatic carbocycles. The van der Waals surface area contributed by atoms with Crippen molar-refractivity contribution in [1.82, 2.24) is 0 Å². The lowest BCUT2D eigenvalue weighted by molar-refractivity contribution is -0.496. The summed E-state index contributed by atoms with van der Waals surface area (Å²) in [4.78, 5) is 10.5. The summed E-state index contributed by atoms with van der Waals surface area (Å²) in [6, 6.07) is 0. The zero-order valence-electron chi connectivity index (χ0n) is 5.99. The zero-order valence-corrected chi connectivity index (χ0v) is 5.99. The molecule has 2 heteroatoms. The fourth-order valence-electron chi connectivity index (χ4n) is 3.93. The molecule has 2 nitrogen and oxygen atoms in total. The van der Waals surface area contributed by atoms with Crippen molar-refractivity contribution in [3.63, 3.8) is 0 Å². The minimum absolute atomic E-state index is 0.153. The topological polar surface area (TPSA) is 18.5 Å². The van der Waals surface area contributed by atoms with E-state index in [1.54, 1.807) is 5.57 Å². The van der Waals surface area contributed by atoms with Crippen LogP contribution in [0, 0.1) is 23.7 Å². The third-order valence-electron chi connectivity index (χ3n) is 4.46. The standard InChI is InChI=1S/C9H8O2/c1-2-4-9(11-10-4)3(1)5-6-7(5)8(6)9/h1,4-8H,2H2/t4-,5?,6+,7?,8?,9+/m0/s1. The molecule has 6 atom stereocenters. The van der Waals surface area contributed by atoms with Crippen LogP contribution in [0.25, 0.3) is 0 Å². The molecule has 0 aromatic rings. The van der Waals surface area contributed by atoms with E-state index in [9.17, 15) is 0 Å². The van der Waals surface area contributed by atoms with Crippen LogP contribution in [0.15, 0.2) is 11.6 Å². The van der Waals surface area contributed by atoms with Gasteiger partial charge < -0.3 is 0 Å². The fraction of sp³-hybridized carbons (Fsp3) is 0.778. The van der Waals surface area contributed by atoms with Crippen LogP contribution in [0.2, 0.25) is 0 Å². The van der Waals surface area contributed by atoms with Gasteiger partial charge in [0.05, 0.1) is 0 Å². The molecule has 0 radical (unpaired) electrons. The van der Waals surface area contributed by atoms with Gasteiger partial charge in [0, 0.05) is 5.92 Å². The summed E-state index contributed by atoms with van der Waals surface area (Å²) in [5.74, 6) is 3.91. The highest BCUT2D eigenvalue weighted by Gasteiger charge is 2.93. The third kappa shape index (κ3) is 0.239. The van der Waals surface area contributed by atoms with Gasteiger partial charge in [0.2, 0.25) is 0 Å². The minimum Gasteiger partial charge on any atom is -0.228 e. The molecule has 0 N–H and O–H groups in total. The summed E-state index contributed by atoms with van der Waals surface area (Å²) in [6.45, 7) is 0. The summed E-state index contributed by atoms with van der Waals surface area (Å²) in [5.41, 5.74) is 1.77. The minimum atomic E-state index is 0.153. The largest absolute Gasteiger partial charge is 0.228 e. The lowest BCUT2D eigenvalue weighted by Crippen LogP contribution is -2.54. The van der Waals surface area contributed by atoms with Crippen LogP contribution in [-0.4, -0.2) is 11.7 Å². The van der Waals surface area contributed by atoms with Crippen LogP contribution >= 0.6 is 0 Å². The van der Waals surface area contributed by atoms with E-state index < -0.39 is 0 Å². The highest BCUT2D eigenvalue weighted by Crippen LogP contribution is 2.90. The first kappa shape index (κ1) is 4.63. The van der Waals surface area contributed by atoms with Gasteiger partial charge >= 0.3 is 0 Å². The van der Waals surface area contributed by atoms with Gasteiger partial charge in [-0.05, 0) is 29.7 Å². The second kappa shape index (κ2) is 0.947. The molecule has 0 amide bonds. The van der Waals surface area contributed by atoms with E-state index in [1.165, 1.54) is 0 Å². The third-order valence-corrected chi connectivity index (χ3v) is 4.46. The van der Waals surface area contributed by atoms with Gasteiger partial charge in [0.15, 0.2) is 5.60 Å². The van der Waals surface area contributed by atoms with Crippen LogP contribution in [-0.2, 0) is 9.78 Å². The SMILES string of the molecule is C1=C2C3C4C([C@H]34)[C@@]23OO[C@H]3C1. The van der Waals surface area contributed by atoms with E-state index in [2.05, 4.69) is 6.08 Å². The Hall–Kier alpha value is -0.340. The first-order valence-corrected chi connectivity index (χ1v) is 4.49. The van der Waals surface area contributed by atoms with Crippen molar-refractivity contribution >= 4 is 0 Å². The van der Waals surface area contributed by atoms with Gasteiger partial charge in [-0.25, -0.2) is 9.78 Å². The molecule has 0 aromatic carbocycles. The van der Waals surface area contributed by atoms with Crippen LogP contribution in [0.4, 0.5) is 0 Å². The fourth-order valence-corrected chi connectivity index (χ4v) is 3.93. The molecule has 11 heavy (non-hydrogen) atoms. The van der Waals surface area contributed by atoms with Gasteiger partial charge in [0.25, 0.3) is 0 Å². The highest BCUT2D eigenvalue weighted by molar-refractivity contribution is 5.55. The molecule has 56 valence electrons. The van der Waals surface area contributed by atoms with E-state index in [4.69, 9.17) is 9.78 Å². The Balaban J connectivity index is 1.86. The first-order chi connectivity index (χ1) is 5.44. The Morgan fingerprint density at radius 2 is 2.36 bits per heavy atom. The Bertz CT molecular complexity index is 312. The smallest absolute Gasteiger partial charge is 0.158 e. The summed E-state index contributed by atoms with van der Waals surface area (Å²) < 4.78 is 0. The van der Waals surface area contributed by atoms with Crippen molar-refractivity contribution < 1.29 is 9.78 Å². The van der Waals surface area contributed by atoms with Crippen LogP contribution in [0.5, 0.6) is 0 Å². The van der Waals surface area contributed by atoms with Crippen LogP contribution in [0.1, 0.15) is 6.42 Å². The molecule has 1 spiro atoms. The average molecular weight is 148 g/mol. The predicted molar refractivity (Wildman–Crippen MR) is 35.3 cm³/mol. The molecular formula is C9H8O2. The molecule has 6 rings (SSSR count). The summed E-state index contributed by atoms with van der Waals surface area (Å²) in [6.07, 6.45) is 3.91. The summed E-state index contributed by atoms with van der Waals surface area (Å²) >= 11 is 0. The van der Waals surface area contributed by atoms with Crippen molar-refractivity contribution in [2.75, 3.05) is 0 Å². The van der Waals surface area contributed by atoms with Crippen molar-refractivity contribution in [2.24, 2.45) is 23.7 Å². The van der Waals surface area contributed by atoms with Crippen LogP contribution in [0.3, 0.4) is 0 Å². The van der Waals surface area contributed by atoms with E-state index in [0.717, 1.165) is 30.1 Å². The van der Waals surface area contributed by atoms with Crippen molar-refractivity contribution in [3.8, 4) is 0 Å². The molecular weight excluding hydrogens is 140 g/mol. The Morgan fingerprint density at radius 1 is 1.45 bits per heavy atom. The molecule has 1 saturated heterocycles. The van der Waals surface area contributed by atoms with Crippen molar-refractivity contribution in [2.45, 2.75) is 18.1 Å². The van der Waals surface area contributed by atoms with Crippen LogP contribution < -0.4 is 0 Å². The van der Waals surface area contributed by atoms with Crippen molar-refractivity contribution in [3.05, 3.63) is 11.6 Å². The number of hydrogen-bond donors (Lipinski definition) is 0. The normalized spacial score (nSPS) is 77.8. The van der Waals surface area contributed by atoms with Gasteiger partial charge in [-0.15, -0.1) is 0 Å². The molecule has 1 aliphatic heterocycles. The quantitative estimate of drug-likeness (QED) is 0.375. The lowest BCUT2D eigenvalue weighted by Gasteiger charge is -2.41. The predicted octanol–water partition coefficient (Wildman–Crippen LogP) is 0.891. The molecule has 6 aliphatic rings. The first-order valence-electron chi connectivity index (χ1n) is 4.49. The van der Waals surface area contributed by atoms with E-state index in [-0.39, 0.29) is 5.60 Å². The second-order valence-corrected chi connectivity index (χ2v) is 4.56. The number of hydrogen-bond acceptors (Lipinski definition) is 2. The van der Waals surface area contributed by atoms with Crippen molar-refractivity contribution in [1.29, 1.82) is 0 Å². The average Bonchev–Trinajstić information content (AvgIpc) is 2.76.